The minimum atomic E-state index is -0.447. The quantitative estimate of drug-likeness (QED) is 0.451. The molecule has 0 saturated heterocycles. The molecule has 6 nitrogen and oxygen atoms in total. The van der Waals surface area contributed by atoms with Crippen LogP contribution in [0.1, 0.15) is 16.1 Å². The molecule has 0 bridgehead atoms. The lowest BCUT2D eigenvalue weighted by Gasteiger charge is -2.08. The van der Waals surface area contributed by atoms with E-state index < -0.39 is 11.5 Å². The van der Waals surface area contributed by atoms with E-state index >= 15 is 0 Å². The van der Waals surface area contributed by atoms with Gasteiger partial charge in [-0.1, -0.05) is 12.1 Å². The highest BCUT2D eigenvalue weighted by atomic mass is 16.4. The van der Waals surface area contributed by atoms with Crippen LogP contribution in [0.5, 0.6) is 0 Å². The molecule has 0 spiro atoms. The summed E-state index contributed by atoms with van der Waals surface area (Å²) in [5, 5.41) is 3.80. The van der Waals surface area contributed by atoms with Gasteiger partial charge in [-0.05, 0) is 42.8 Å². The summed E-state index contributed by atoms with van der Waals surface area (Å²) in [6, 6.07) is 12.0. The van der Waals surface area contributed by atoms with E-state index in [0.29, 0.717) is 33.3 Å². The van der Waals surface area contributed by atoms with Crippen molar-refractivity contribution in [3.63, 3.8) is 0 Å². The zero-order chi connectivity index (χ0) is 16.7. The Hall–Kier alpha value is -3.41. The summed E-state index contributed by atoms with van der Waals surface area (Å²) in [4.78, 5) is 28.8. The summed E-state index contributed by atoms with van der Waals surface area (Å²) < 4.78 is 10.4. The molecule has 3 aromatic heterocycles. The number of hydrogen-bond donors (Lipinski definition) is 1. The van der Waals surface area contributed by atoms with E-state index in [-0.39, 0.29) is 5.76 Å². The van der Waals surface area contributed by atoms with Crippen molar-refractivity contribution in [3.05, 3.63) is 70.5 Å². The fourth-order valence-corrected chi connectivity index (χ4v) is 2.68. The monoisotopic (exact) mass is 320 g/mol. The second-order valence-corrected chi connectivity index (χ2v) is 5.37. The summed E-state index contributed by atoms with van der Waals surface area (Å²) in [5.74, 6) is 0.127. The average molecular weight is 320 g/mol. The van der Waals surface area contributed by atoms with E-state index in [2.05, 4.69) is 10.3 Å². The minimum absolute atomic E-state index is 0.187. The summed E-state index contributed by atoms with van der Waals surface area (Å²) in [5.41, 5.74) is 1.18. The van der Waals surface area contributed by atoms with E-state index in [9.17, 15) is 9.59 Å². The smallest absolute Gasteiger partial charge is 0.346 e. The van der Waals surface area contributed by atoms with E-state index in [4.69, 9.17) is 8.83 Å². The van der Waals surface area contributed by atoms with Crippen molar-refractivity contribution in [2.75, 3.05) is 5.32 Å². The third-order valence-electron chi connectivity index (χ3n) is 3.75. The Morgan fingerprint density at radius 1 is 1.17 bits per heavy atom. The molecule has 0 unspecified atom stereocenters. The number of nitrogens with zero attached hydrogens (tertiary/aromatic N) is 1. The number of aryl methyl sites for hydroxylation is 1. The van der Waals surface area contributed by atoms with E-state index in [1.165, 1.54) is 6.26 Å². The molecule has 0 atom stereocenters. The maximum Gasteiger partial charge on any atom is 0.346 e. The van der Waals surface area contributed by atoms with Crippen molar-refractivity contribution < 1.29 is 13.6 Å². The number of rotatable bonds is 2. The predicted molar refractivity (Wildman–Crippen MR) is 89.2 cm³/mol. The lowest BCUT2D eigenvalue weighted by molar-refractivity contribution is 0.0996. The largest absolute Gasteiger partial charge is 0.459 e. The van der Waals surface area contributed by atoms with Gasteiger partial charge in [-0.15, -0.1) is 0 Å². The SMILES string of the molecule is Cc1cc(NC(=O)c2ccco2)nc2c1c(=O)oc1ccccc12. The van der Waals surface area contributed by atoms with E-state index in [0.717, 1.165) is 0 Å². The first-order chi connectivity index (χ1) is 11.6. The van der Waals surface area contributed by atoms with Crippen molar-refractivity contribution in [3.8, 4) is 0 Å². The van der Waals surface area contributed by atoms with Gasteiger partial charge in [0.2, 0.25) is 0 Å². The molecule has 0 aliphatic heterocycles. The first-order valence-electron chi connectivity index (χ1n) is 7.31. The Bertz CT molecular complexity index is 1130. The summed E-state index contributed by atoms with van der Waals surface area (Å²) in [7, 11) is 0. The van der Waals surface area contributed by atoms with E-state index in [1.807, 2.05) is 12.1 Å². The van der Waals surface area contributed by atoms with E-state index in [1.54, 1.807) is 37.3 Å². The first kappa shape index (κ1) is 14.2. The van der Waals surface area contributed by atoms with Crippen LogP contribution in [-0.2, 0) is 0 Å². The van der Waals surface area contributed by atoms with Crippen LogP contribution < -0.4 is 10.9 Å². The van der Waals surface area contributed by atoms with Gasteiger partial charge in [0.25, 0.3) is 5.91 Å². The predicted octanol–water partition coefficient (Wildman–Crippen LogP) is 3.49. The third-order valence-corrected chi connectivity index (χ3v) is 3.75. The number of benzene rings is 1. The zero-order valence-electron chi connectivity index (χ0n) is 12.7. The lowest BCUT2D eigenvalue weighted by Crippen LogP contribution is -2.13. The van der Waals surface area contributed by atoms with Crippen molar-refractivity contribution in [1.29, 1.82) is 0 Å². The molecule has 1 aromatic carbocycles. The van der Waals surface area contributed by atoms with Gasteiger partial charge in [-0.3, -0.25) is 4.79 Å². The van der Waals surface area contributed by atoms with Crippen LogP contribution in [-0.4, -0.2) is 10.9 Å². The lowest BCUT2D eigenvalue weighted by atomic mass is 10.1. The molecule has 0 aliphatic rings. The first-order valence-corrected chi connectivity index (χ1v) is 7.31. The number of nitrogens with one attached hydrogen (secondary N) is 1. The second kappa shape index (κ2) is 5.34. The van der Waals surface area contributed by atoms with Crippen molar-refractivity contribution >= 4 is 33.6 Å². The summed E-state index contributed by atoms with van der Waals surface area (Å²) in [6.45, 7) is 1.78. The Balaban J connectivity index is 1.91. The number of hydrogen-bond acceptors (Lipinski definition) is 5. The normalized spacial score (nSPS) is 11.0. The van der Waals surface area contributed by atoms with Gasteiger partial charge in [-0.25, -0.2) is 9.78 Å². The zero-order valence-corrected chi connectivity index (χ0v) is 12.7. The molecule has 0 saturated carbocycles. The number of amides is 1. The number of anilines is 1. The van der Waals surface area contributed by atoms with Crippen LogP contribution in [0, 0.1) is 6.92 Å². The molecule has 0 fully saturated rings. The van der Waals surface area contributed by atoms with Gasteiger partial charge in [-0.2, -0.15) is 0 Å². The van der Waals surface area contributed by atoms with Crippen molar-refractivity contribution in [2.24, 2.45) is 0 Å². The number of furan rings is 1. The number of pyridine rings is 1. The Morgan fingerprint density at radius 3 is 2.79 bits per heavy atom. The number of fused-ring (bicyclic) bond motifs is 3. The molecule has 0 radical (unpaired) electrons. The highest BCUT2D eigenvalue weighted by Gasteiger charge is 2.15. The molecule has 0 aliphatic carbocycles. The topological polar surface area (TPSA) is 85.3 Å². The molecule has 4 rings (SSSR count). The fraction of sp³-hybridized carbons (Fsp3) is 0.0556. The van der Waals surface area contributed by atoms with Crippen LogP contribution >= 0.6 is 0 Å². The van der Waals surface area contributed by atoms with Gasteiger partial charge in [0.05, 0.1) is 17.2 Å². The van der Waals surface area contributed by atoms with Crippen molar-refractivity contribution in [2.45, 2.75) is 6.92 Å². The van der Waals surface area contributed by atoms with Gasteiger partial charge >= 0.3 is 5.63 Å². The van der Waals surface area contributed by atoms with Crippen LogP contribution in [0.2, 0.25) is 0 Å². The molecule has 6 heteroatoms. The standard InChI is InChI=1S/C18H12N2O4/c1-10-9-14(20-17(21)13-7-4-8-23-13)19-16-11-5-2-3-6-12(11)24-18(22)15(10)16/h2-9H,1H3,(H,19,20,21). The van der Waals surface area contributed by atoms with Crippen LogP contribution in [0.15, 0.2) is 62.4 Å². The van der Waals surface area contributed by atoms with Crippen LogP contribution in [0.4, 0.5) is 5.82 Å². The molecule has 4 aromatic rings. The number of carbonyl (C=O) groups excluding carboxylic acids is 1. The third kappa shape index (κ3) is 2.25. The Kier molecular flexibility index (Phi) is 3.16. The molecular weight excluding hydrogens is 308 g/mol. The van der Waals surface area contributed by atoms with Gasteiger partial charge < -0.3 is 14.2 Å². The molecule has 24 heavy (non-hydrogen) atoms. The van der Waals surface area contributed by atoms with Gasteiger partial charge in [0.1, 0.15) is 11.4 Å². The maximum atomic E-state index is 12.2. The molecule has 118 valence electrons. The van der Waals surface area contributed by atoms with Crippen LogP contribution in [0.25, 0.3) is 21.9 Å². The fourth-order valence-electron chi connectivity index (χ4n) is 2.68. The highest BCUT2D eigenvalue weighted by molar-refractivity contribution is 6.06. The van der Waals surface area contributed by atoms with Crippen molar-refractivity contribution in [1.82, 2.24) is 4.98 Å². The molecule has 3 heterocycles. The summed E-state index contributed by atoms with van der Waals surface area (Å²) >= 11 is 0. The maximum absolute atomic E-state index is 12.2. The minimum Gasteiger partial charge on any atom is -0.459 e. The Morgan fingerprint density at radius 2 is 2.00 bits per heavy atom. The van der Waals surface area contributed by atoms with Crippen LogP contribution in [0.3, 0.4) is 0 Å². The van der Waals surface area contributed by atoms with Gasteiger partial charge in [0.15, 0.2) is 5.76 Å². The number of para-hydroxylation sites is 1. The highest BCUT2D eigenvalue weighted by Crippen LogP contribution is 2.25. The van der Waals surface area contributed by atoms with Gasteiger partial charge in [0, 0.05) is 5.39 Å². The molecular formula is C18H12N2O4. The number of aromatic nitrogens is 1. The Labute approximate surface area is 135 Å². The molecule has 1 amide bonds. The summed E-state index contributed by atoms with van der Waals surface area (Å²) in [6.07, 6.45) is 1.42. The molecule has 1 N–H and O–H groups in total. The second-order valence-electron chi connectivity index (χ2n) is 5.37. The average Bonchev–Trinajstić information content (AvgIpc) is 3.09. The number of carbonyl (C=O) groups is 1.